The van der Waals surface area contributed by atoms with Crippen molar-refractivity contribution in [1.82, 2.24) is 5.32 Å². The number of carbonyl (C=O) groups is 2. The number of anilines is 1. The predicted molar refractivity (Wildman–Crippen MR) is 96.0 cm³/mol. The number of terminal acetylenes is 1. The lowest BCUT2D eigenvalue weighted by Crippen LogP contribution is -2.28. The van der Waals surface area contributed by atoms with Crippen molar-refractivity contribution in [2.45, 2.75) is 6.92 Å². The lowest BCUT2D eigenvalue weighted by molar-refractivity contribution is -0.115. The molecule has 0 bridgehead atoms. The van der Waals surface area contributed by atoms with Crippen LogP contribution in [0.1, 0.15) is 17.3 Å². The van der Waals surface area contributed by atoms with Crippen LogP contribution in [0.15, 0.2) is 36.4 Å². The number of amides is 1. The molecule has 124 valence electrons. The number of thiophene rings is 1. The summed E-state index contributed by atoms with van der Waals surface area (Å²) in [5.41, 5.74) is 1.32. The number of esters is 1. The van der Waals surface area contributed by atoms with E-state index in [1.54, 1.807) is 13.0 Å². The lowest BCUT2D eigenvalue weighted by atomic mass is 10.1. The minimum absolute atomic E-state index is 0.0744. The molecule has 0 atom stereocenters. The molecule has 0 aliphatic heterocycles. The number of ether oxygens (including phenoxy) is 1. The Kier molecular flexibility index (Phi) is 6.55. The molecule has 6 heteroatoms. The molecule has 1 heterocycles. The molecule has 0 spiro atoms. The Morgan fingerprint density at radius 1 is 1.29 bits per heavy atom. The van der Waals surface area contributed by atoms with E-state index in [0.717, 1.165) is 10.4 Å². The summed E-state index contributed by atoms with van der Waals surface area (Å²) in [5, 5.41) is 6.03. The average molecular weight is 342 g/mol. The molecule has 2 N–H and O–H groups in total. The molecular formula is C18H18N2O3S. The van der Waals surface area contributed by atoms with Crippen LogP contribution < -0.4 is 10.6 Å². The van der Waals surface area contributed by atoms with Crippen LogP contribution in [0.2, 0.25) is 0 Å². The molecule has 1 aromatic carbocycles. The van der Waals surface area contributed by atoms with Gasteiger partial charge in [0.2, 0.25) is 5.91 Å². The van der Waals surface area contributed by atoms with Crippen molar-refractivity contribution in [3.8, 4) is 22.8 Å². The van der Waals surface area contributed by atoms with Crippen molar-refractivity contribution < 1.29 is 14.3 Å². The Morgan fingerprint density at radius 3 is 2.71 bits per heavy atom. The van der Waals surface area contributed by atoms with Crippen LogP contribution in [0.3, 0.4) is 0 Å². The molecule has 24 heavy (non-hydrogen) atoms. The summed E-state index contributed by atoms with van der Waals surface area (Å²) in [6, 6.07) is 11.4. The summed E-state index contributed by atoms with van der Waals surface area (Å²) >= 11 is 1.33. The maximum atomic E-state index is 12.1. The van der Waals surface area contributed by atoms with Crippen molar-refractivity contribution in [3.05, 3.63) is 42.0 Å². The zero-order chi connectivity index (χ0) is 17.4. The predicted octanol–water partition coefficient (Wildman–Crippen LogP) is 2.75. The van der Waals surface area contributed by atoms with Crippen molar-refractivity contribution in [2.24, 2.45) is 0 Å². The molecule has 5 nitrogen and oxygen atoms in total. The van der Waals surface area contributed by atoms with E-state index in [2.05, 4.69) is 16.6 Å². The first-order chi connectivity index (χ1) is 11.7. The Labute approximate surface area is 145 Å². The fourth-order valence-electron chi connectivity index (χ4n) is 2.01. The smallest absolute Gasteiger partial charge is 0.341 e. The third kappa shape index (κ3) is 4.69. The molecule has 2 rings (SSSR count). The van der Waals surface area contributed by atoms with E-state index < -0.39 is 5.97 Å². The zero-order valence-corrected chi connectivity index (χ0v) is 14.1. The van der Waals surface area contributed by atoms with Gasteiger partial charge in [-0.3, -0.25) is 10.1 Å². The van der Waals surface area contributed by atoms with Crippen LogP contribution in [0.4, 0.5) is 5.00 Å². The van der Waals surface area contributed by atoms with Gasteiger partial charge >= 0.3 is 5.97 Å². The van der Waals surface area contributed by atoms with Gasteiger partial charge in [-0.25, -0.2) is 4.79 Å². The number of benzene rings is 1. The van der Waals surface area contributed by atoms with E-state index in [9.17, 15) is 9.59 Å². The summed E-state index contributed by atoms with van der Waals surface area (Å²) in [7, 11) is 0. The van der Waals surface area contributed by atoms with Gasteiger partial charge in [0, 0.05) is 4.88 Å². The molecule has 0 aliphatic carbocycles. The normalized spacial score (nSPS) is 10.0. The first-order valence-corrected chi connectivity index (χ1v) is 8.27. The second-order valence-electron chi connectivity index (χ2n) is 4.80. The Balaban J connectivity index is 2.24. The lowest BCUT2D eigenvalue weighted by Gasteiger charge is -2.06. The van der Waals surface area contributed by atoms with Gasteiger partial charge in [0.05, 0.1) is 25.3 Å². The maximum Gasteiger partial charge on any atom is 0.341 e. The van der Waals surface area contributed by atoms with E-state index in [0.29, 0.717) is 17.1 Å². The standard InChI is InChI=1S/C18H18N2O3S/c1-3-10-19-12-16(21)20-17-14(18(22)23-4-2)11-15(24-17)13-8-6-5-7-9-13/h1,5-9,11,19H,4,10,12H2,2H3,(H,20,21). The van der Waals surface area contributed by atoms with Gasteiger partial charge in [-0.1, -0.05) is 36.3 Å². The number of carbonyl (C=O) groups excluding carboxylic acids is 2. The van der Waals surface area contributed by atoms with Crippen LogP contribution in [-0.4, -0.2) is 31.6 Å². The Bertz CT molecular complexity index is 747. The van der Waals surface area contributed by atoms with Gasteiger partial charge in [-0.05, 0) is 18.6 Å². The molecule has 0 aliphatic rings. The maximum absolute atomic E-state index is 12.1. The van der Waals surface area contributed by atoms with Gasteiger partial charge in [0.15, 0.2) is 0 Å². The second-order valence-corrected chi connectivity index (χ2v) is 5.85. The highest BCUT2D eigenvalue weighted by atomic mass is 32.1. The molecule has 1 aromatic heterocycles. The molecular weight excluding hydrogens is 324 g/mol. The average Bonchev–Trinajstić information content (AvgIpc) is 3.00. The van der Waals surface area contributed by atoms with E-state index in [1.165, 1.54) is 11.3 Å². The number of hydrogen-bond donors (Lipinski definition) is 2. The highest BCUT2D eigenvalue weighted by Gasteiger charge is 2.19. The van der Waals surface area contributed by atoms with Gasteiger partial charge < -0.3 is 10.1 Å². The van der Waals surface area contributed by atoms with Gasteiger partial charge in [-0.2, -0.15) is 0 Å². The quantitative estimate of drug-likeness (QED) is 0.461. The summed E-state index contributed by atoms with van der Waals surface area (Å²) in [6.07, 6.45) is 5.13. The van der Waals surface area contributed by atoms with Crippen molar-refractivity contribution in [2.75, 3.05) is 25.0 Å². The van der Waals surface area contributed by atoms with Gasteiger partial charge in [0.1, 0.15) is 5.00 Å². The topological polar surface area (TPSA) is 67.4 Å². The summed E-state index contributed by atoms with van der Waals surface area (Å²) in [6.45, 7) is 2.39. The molecule has 0 saturated carbocycles. The van der Waals surface area contributed by atoms with E-state index in [1.807, 2.05) is 30.3 Å². The Hall–Kier alpha value is -2.62. The van der Waals surface area contributed by atoms with Crippen LogP contribution in [-0.2, 0) is 9.53 Å². The van der Waals surface area contributed by atoms with Crippen molar-refractivity contribution in [1.29, 1.82) is 0 Å². The fraction of sp³-hybridized carbons (Fsp3) is 0.222. The molecule has 0 radical (unpaired) electrons. The molecule has 0 unspecified atom stereocenters. The van der Waals surface area contributed by atoms with Crippen LogP contribution in [0.25, 0.3) is 10.4 Å². The molecule has 0 saturated heterocycles. The van der Waals surface area contributed by atoms with Crippen LogP contribution in [0.5, 0.6) is 0 Å². The monoisotopic (exact) mass is 342 g/mol. The first kappa shape index (κ1) is 17.7. The number of hydrogen-bond acceptors (Lipinski definition) is 5. The van der Waals surface area contributed by atoms with E-state index in [-0.39, 0.29) is 19.1 Å². The number of nitrogens with one attached hydrogen (secondary N) is 2. The van der Waals surface area contributed by atoms with Gasteiger partial charge in [0.25, 0.3) is 0 Å². The minimum Gasteiger partial charge on any atom is -0.462 e. The molecule has 2 aromatic rings. The zero-order valence-electron chi connectivity index (χ0n) is 13.3. The largest absolute Gasteiger partial charge is 0.462 e. The summed E-state index contributed by atoms with van der Waals surface area (Å²) < 4.78 is 5.07. The minimum atomic E-state index is -0.456. The van der Waals surface area contributed by atoms with E-state index in [4.69, 9.17) is 11.2 Å². The van der Waals surface area contributed by atoms with Crippen LogP contribution >= 0.6 is 11.3 Å². The highest BCUT2D eigenvalue weighted by Crippen LogP contribution is 2.35. The third-order valence-corrected chi connectivity index (χ3v) is 4.15. The Morgan fingerprint density at radius 2 is 2.04 bits per heavy atom. The van der Waals surface area contributed by atoms with Crippen molar-refractivity contribution in [3.63, 3.8) is 0 Å². The van der Waals surface area contributed by atoms with Crippen LogP contribution in [0, 0.1) is 12.3 Å². The molecule has 0 fully saturated rings. The first-order valence-electron chi connectivity index (χ1n) is 7.46. The second kappa shape index (κ2) is 8.87. The van der Waals surface area contributed by atoms with Gasteiger partial charge in [-0.15, -0.1) is 17.8 Å². The summed E-state index contributed by atoms with van der Waals surface area (Å²) in [4.78, 5) is 25.0. The van der Waals surface area contributed by atoms with Crippen molar-refractivity contribution >= 4 is 28.2 Å². The number of rotatable bonds is 7. The fourth-order valence-corrected chi connectivity index (χ4v) is 3.08. The molecule has 1 amide bonds. The highest BCUT2D eigenvalue weighted by molar-refractivity contribution is 7.20. The summed E-state index contributed by atoms with van der Waals surface area (Å²) in [5.74, 6) is 1.67. The SMILES string of the molecule is C#CCNCC(=O)Nc1sc(-c2ccccc2)cc1C(=O)OCC. The van der Waals surface area contributed by atoms with E-state index >= 15 is 0 Å². The third-order valence-electron chi connectivity index (χ3n) is 3.05.